The maximum atomic E-state index is 13.1. The molecule has 0 bridgehead atoms. The Kier molecular flexibility index (Phi) is 9.31. The summed E-state index contributed by atoms with van der Waals surface area (Å²) in [5, 5.41) is 17.4. The fourth-order valence-corrected chi connectivity index (χ4v) is 4.56. The largest absolute Gasteiger partial charge is 0.497 e. The van der Waals surface area contributed by atoms with Crippen molar-refractivity contribution < 1.29 is 14.3 Å². The number of unbranched alkanes of at least 4 members (excludes halogenated alkanes) is 2. The zero-order valence-electron chi connectivity index (χ0n) is 20.8. The zero-order valence-corrected chi connectivity index (χ0v) is 21.6. The molecule has 0 atom stereocenters. The summed E-state index contributed by atoms with van der Waals surface area (Å²) < 4.78 is 11.2. The molecule has 1 aromatic heterocycles. The number of tetrazole rings is 1. The number of carbonyl (C=O) groups excluding carboxylic acids is 1. The zero-order chi connectivity index (χ0) is 25.9. The minimum absolute atomic E-state index is 0.218. The maximum Gasteiger partial charge on any atom is 0.255 e. The molecule has 0 aliphatic carbocycles. The van der Waals surface area contributed by atoms with Crippen molar-refractivity contribution in [3.63, 3.8) is 0 Å². The van der Waals surface area contributed by atoms with Crippen LogP contribution in [0.25, 0.3) is 11.4 Å². The van der Waals surface area contributed by atoms with E-state index in [1.165, 1.54) is 24.6 Å². The fraction of sp³-hybridized carbons (Fsp3) is 0.214. The normalized spacial score (nSPS) is 11.0. The molecule has 2 N–H and O–H groups in total. The Hall–Kier alpha value is -4.11. The van der Waals surface area contributed by atoms with Gasteiger partial charge in [-0.15, -0.1) is 10.2 Å². The number of methoxy groups -OCH3 is 1. The number of H-pyrrole nitrogens is 1. The van der Waals surface area contributed by atoms with E-state index in [9.17, 15) is 4.79 Å². The number of amides is 1. The van der Waals surface area contributed by atoms with Crippen LogP contribution in [0.1, 0.15) is 36.5 Å². The number of benzene rings is 3. The third kappa shape index (κ3) is 7.20. The van der Waals surface area contributed by atoms with Gasteiger partial charge in [0.25, 0.3) is 5.91 Å². The number of aromatic nitrogens is 4. The van der Waals surface area contributed by atoms with Crippen molar-refractivity contribution in [3.05, 3.63) is 84.4 Å². The molecule has 0 saturated heterocycles. The van der Waals surface area contributed by atoms with Gasteiger partial charge < -0.3 is 14.8 Å². The highest BCUT2D eigenvalue weighted by atomic mass is 32.2. The molecule has 1 amide bonds. The van der Waals surface area contributed by atoms with Crippen LogP contribution in [0.2, 0.25) is 0 Å². The lowest BCUT2D eigenvalue weighted by atomic mass is 10.2. The summed E-state index contributed by atoms with van der Waals surface area (Å²) in [7, 11) is 1.61. The van der Waals surface area contributed by atoms with Crippen molar-refractivity contribution >= 4 is 23.4 Å². The van der Waals surface area contributed by atoms with E-state index in [0.717, 1.165) is 27.5 Å². The van der Waals surface area contributed by atoms with E-state index >= 15 is 0 Å². The Bertz CT molecular complexity index is 1320. The second-order valence-electron chi connectivity index (χ2n) is 8.10. The van der Waals surface area contributed by atoms with E-state index < -0.39 is 0 Å². The van der Waals surface area contributed by atoms with Gasteiger partial charge in [-0.1, -0.05) is 55.8 Å². The molecular weight excluding hydrogens is 486 g/mol. The van der Waals surface area contributed by atoms with Gasteiger partial charge in [0.2, 0.25) is 5.82 Å². The fourth-order valence-electron chi connectivity index (χ4n) is 3.50. The predicted octanol–water partition coefficient (Wildman–Crippen LogP) is 6.40. The molecule has 0 unspecified atom stereocenters. The molecule has 3 aromatic carbocycles. The third-order valence-electron chi connectivity index (χ3n) is 5.48. The topological polar surface area (TPSA) is 102 Å². The highest BCUT2D eigenvalue weighted by Crippen LogP contribution is 2.40. The number of aromatic amines is 1. The first-order valence-electron chi connectivity index (χ1n) is 12.1. The van der Waals surface area contributed by atoms with Crippen LogP contribution >= 0.6 is 11.8 Å². The van der Waals surface area contributed by atoms with Crippen molar-refractivity contribution in [2.45, 2.75) is 36.0 Å². The second-order valence-corrected chi connectivity index (χ2v) is 9.18. The minimum Gasteiger partial charge on any atom is -0.497 e. The number of rotatable bonds is 12. The van der Waals surface area contributed by atoms with E-state index in [4.69, 9.17) is 9.47 Å². The van der Waals surface area contributed by atoms with Gasteiger partial charge in [-0.25, -0.2) is 0 Å². The van der Waals surface area contributed by atoms with Gasteiger partial charge in [0.1, 0.15) is 18.1 Å². The van der Waals surface area contributed by atoms with Crippen molar-refractivity contribution in [2.75, 3.05) is 19.0 Å². The lowest BCUT2D eigenvalue weighted by Crippen LogP contribution is -2.12. The van der Waals surface area contributed by atoms with Crippen LogP contribution in [-0.2, 0) is 0 Å². The molecule has 0 aliphatic rings. The van der Waals surface area contributed by atoms with Gasteiger partial charge in [-0.3, -0.25) is 4.79 Å². The average Bonchev–Trinajstić information content (AvgIpc) is 3.47. The number of ether oxygens (including phenoxy) is 2. The van der Waals surface area contributed by atoms with Crippen LogP contribution in [0.5, 0.6) is 11.5 Å². The number of nitrogens with zero attached hydrogens (tertiary/aromatic N) is 3. The van der Waals surface area contributed by atoms with Gasteiger partial charge in [0.15, 0.2) is 0 Å². The van der Waals surface area contributed by atoms with E-state index in [2.05, 4.69) is 38.9 Å². The van der Waals surface area contributed by atoms with Crippen LogP contribution in [0.3, 0.4) is 0 Å². The highest BCUT2D eigenvalue weighted by Gasteiger charge is 2.15. The summed E-state index contributed by atoms with van der Waals surface area (Å²) in [6, 6.07) is 20.4. The highest BCUT2D eigenvalue weighted by molar-refractivity contribution is 7.99. The van der Waals surface area contributed by atoms with Gasteiger partial charge >= 0.3 is 0 Å². The number of anilines is 1. The molecule has 9 heteroatoms. The first kappa shape index (κ1) is 26.0. The number of hydrogen-bond acceptors (Lipinski definition) is 7. The van der Waals surface area contributed by atoms with Crippen molar-refractivity contribution in [3.8, 4) is 22.9 Å². The first-order valence-corrected chi connectivity index (χ1v) is 12.9. The molecule has 190 valence electrons. The van der Waals surface area contributed by atoms with Gasteiger partial charge in [0, 0.05) is 20.9 Å². The first-order chi connectivity index (χ1) is 18.2. The van der Waals surface area contributed by atoms with E-state index in [1.807, 2.05) is 48.5 Å². The molecule has 4 rings (SSSR count). The Morgan fingerprint density at radius 2 is 1.84 bits per heavy atom. The maximum absolute atomic E-state index is 13.1. The van der Waals surface area contributed by atoms with Crippen LogP contribution < -0.4 is 14.8 Å². The Morgan fingerprint density at radius 1 is 1.03 bits per heavy atom. The molecule has 37 heavy (non-hydrogen) atoms. The number of allylic oxidation sites excluding steroid dienone is 1. The summed E-state index contributed by atoms with van der Waals surface area (Å²) in [6.07, 6.45) is 7.58. The molecule has 4 aromatic rings. The van der Waals surface area contributed by atoms with E-state index in [-0.39, 0.29) is 5.91 Å². The number of nitrogens with one attached hydrogen (secondary N) is 2. The monoisotopic (exact) mass is 515 g/mol. The molecule has 0 spiro atoms. The summed E-state index contributed by atoms with van der Waals surface area (Å²) in [5.41, 5.74) is 2.03. The summed E-state index contributed by atoms with van der Waals surface area (Å²) >= 11 is 1.48. The van der Waals surface area contributed by atoms with Crippen LogP contribution in [0.4, 0.5) is 5.69 Å². The summed E-state index contributed by atoms with van der Waals surface area (Å²) in [4.78, 5) is 14.8. The molecule has 1 heterocycles. The van der Waals surface area contributed by atoms with Gasteiger partial charge in [0.05, 0.1) is 12.8 Å². The van der Waals surface area contributed by atoms with Gasteiger partial charge in [-0.05, 0) is 66.2 Å². The van der Waals surface area contributed by atoms with Crippen LogP contribution in [0.15, 0.2) is 88.7 Å². The SMILES string of the molecule is CCCC/C=C/COc1ccc(C(=O)Nc2ccc(OC)cc2Sc2ccccc2-c2nn[nH]n2)cc1. The van der Waals surface area contributed by atoms with Gasteiger partial charge in [-0.2, -0.15) is 5.21 Å². The van der Waals surface area contributed by atoms with Crippen molar-refractivity contribution in [1.29, 1.82) is 0 Å². The van der Waals surface area contributed by atoms with Crippen molar-refractivity contribution in [1.82, 2.24) is 20.6 Å². The van der Waals surface area contributed by atoms with E-state index in [0.29, 0.717) is 29.4 Å². The van der Waals surface area contributed by atoms with Crippen molar-refractivity contribution in [2.24, 2.45) is 0 Å². The molecule has 0 saturated carbocycles. The average molecular weight is 516 g/mol. The number of carbonyl (C=O) groups is 1. The lowest BCUT2D eigenvalue weighted by molar-refractivity contribution is 0.102. The second kappa shape index (κ2) is 13.3. The Balaban J connectivity index is 1.47. The lowest BCUT2D eigenvalue weighted by Gasteiger charge is -2.14. The Labute approximate surface area is 220 Å². The number of hydrogen-bond donors (Lipinski definition) is 2. The molecule has 0 fully saturated rings. The Morgan fingerprint density at radius 3 is 2.59 bits per heavy atom. The molecule has 0 radical (unpaired) electrons. The van der Waals surface area contributed by atoms with Crippen LogP contribution in [-0.4, -0.2) is 40.2 Å². The van der Waals surface area contributed by atoms with E-state index in [1.54, 1.807) is 31.4 Å². The third-order valence-corrected chi connectivity index (χ3v) is 6.62. The minimum atomic E-state index is -0.218. The van der Waals surface area contributed by atoms with Crippen LogP contribution in [0, 0.1) is 0 Å². The molecule has 8 nitrogen and oxygen atoms in total. The smallest absolute Gasteiger partial charge is 0.255 e. The summed E-state index contributed by atoms with van der Waals surface area (Å²) in [5.74, 6) is 1.68. The standard InChI is InChI=1S/C28H29N5O3S/c1-3-4-5-6-9-18-36-21-14-12-20(13-15-21)28(34)29-24-17-16-22(35-2)19-26(24)37-25-11-8-7-10-23(25)27-30-32-33-31-27/h6-17,19H,3-5,18H2,1-2H3,(H,29,34)(H,30,31,32,33)/b9-6+. The predicted molar refractivity (Wildman–Crippen MR) is 145 cm³/mol. The molecular formula is C28H29N5O3S. The quantitative estimate of drug-likeness (QED) is 0.166. The summed E-state index contributed by atoms with van der Waals surface area (Å²) in [6.45, 7) is 2.68. The molecule has 0 aliphatic heterocycles.